The molecule has 2 bridgehead atoms. The predicted octanol–water partition coefficient (Wildman–Crippen LogP) is 5.15. The van der Waals surface area contributed by atoms with Crippen molar-refractivity contribution in [2.45, 2.75) is 68.0 Å². The molecule has 2 fully saturated rings. The van der Waals surface area contributed by atoms with Crippen LogP contribution in [0.1, 0.15) is 66.1 Å². The van der Waals surface area contributed by atoms with Crippen LogP contribution in [-0.2, 0) is 28.6 Å². The Balaban J connectivity index is 1.14. The monoisotopic (exact) mass is 664 g/mol. The summed E-state index contributed by atoms with van der Waals surface area (Å²) in [4.78, 5) is 16.8. The number of hydrogen-bond donors (Lipinski definition) is 3. The van der Waals surface area contributed by atoms with Gasteiger partial charge in [-0.3, -0.25) is 4.79 Å². The summed E-state index contributed by atoms with van der Waals surface area (Å²) in [5.41, 5.74) is 0.168. The quantitative estimate of drug-likeness (QED) is 0.229. The van der Waals surface area contributed by atoms with Crippen molar-refractivity contribution in [1.29, 1.82) is 5.26 Å². The first-order valence-corrected chi connectivity index (χ1v) is 17.0. The highest BCUT2D eigenvalue weighted by atomic mass is 35.5. The van der Waals surface area contributed by atoms with E-state index in [1.165, 1.54) is 6.07 Å². The van der Waals surface area contributed by atoms with Gasteiger partial charge in [-0.25, -0.2) is 18.1 Å². The van der Waals surface area contributed by atoms with E-state index in [-0.39, 0.29) is 38.8 Å². The molecule has 7 rings (SSSR count). The Labute approximate surface area is 269 Å². The molecule has 4 aromatic rings. The fraction of sp³-hybridized carbons (Fsp3) is 0.375. The van der Waals surface area contributed by atoms with Gasteiger partial charge < -0.3 is 19.5 Å². The van der Waals surface area contributed by atoms with E-state index in [4.69, 9.17) is 21.4 Å². The maximum atomic E-state index is 14.1. The number of nitrogens with zero attached hydrogens (tertiary/aromatic N) is 4. The number of anilines is 1. The summed E-state index contributed by atoms with van der Waals surface area (Å²) < 4.78 is 52.2. The minimum atomic E-state index is -4.21. The van der Waals surface area contributed by atoms with Crippen LogP contribution in [0.5, 0.6) is 0 Å². The maximum absolute atomic E-state index is 14.1. The molecule has 14 heteroatoms. The van der Waals surface area contributed by atoms with E-state index >= 15 is 0 Å². The van der Waals surface area contributed by atoms with Crippen molar-refractivity contribution in [3.05, 3.63) is 82.3 Å². The summed E-state index contributed by atoms with van der Waals surface area (Å²) in [6, 6.07) is 14.7. The molecule has 11 nitrogen and oxygen atoms in total. The molecule has 0 saturated heterocycles. The van der Waals surface area contributed by atoms with Crippen molar-refractivity contribution >= 4 is 33.2 Å². The van der Waals surface area contributed by atoms with Gasteiger partial charge >= 0.3 is 0 Å². The zero-order chi connectivity index (χ0) is 32.2. The number of nitriles is 1. The van der Waals surface area contributed by atoms with Crippen molar-refractivity contribution < 1.29 is 27.2 Å². The SMILES string of the molecule is N#Cc1cc(NC(=O)c2c(Cl)c(S(=O)(=O)NC3C4CCC3CC(O)(c3cc(-c5ccccc5)on3)C4)c3n2CCCC3)cc(F)n1. The standard InChI is InChI=1S/C32H30ClFN6O5S/c33-27-29(31(41)37-21-12-22(17-35)36-26(34)13-21)40-11-5-4-8-23(40)30(27)46(43,44)39-28-19-9-10-20(28)16-32(42,15-19)25-14-24(45-38-25)18-6-2-1-3-7-18/h1-3,6-7,12-14,19-20,28,39,42H,4-5,8-11,15-16H2,(H,36,37,41). The van der Waals surface area contributed by atoms with Crippen LogP contribution >= 0.6 is 11.6 Å². The van der Waals surface area contributed by atoms with Crippen molar-refractivity contribution in [1.82, 2.24) is 19.4 Å². The maximum Gasteiger partial charge on any atom is 0.273 e. The summed E-state index contributed by atoms with van der Waals surface area (Å²) in [5.74, 6) is -1.45. The number of nitrogens with one attached hydrogen (secondary N) is 2. The lowest BCUT2D eigenvalue weighted by Gasteiger charge is -2.40. The fourth-order valence-electron chi connectivity index (χ4n) is 7.43. The summed E-state index contributed by atoms with van der Waals surface area (Å²) >= 11 is 6.74. The highest BCUT2D eigenvalue weighted by molar-refractivity contribution is 7.89. The summed E-state index contributed by atoms with van der Waals surface area (Å²) in [6.45, 7) is 0.381. The summed E-state index contributed by atoms with van der Waals surface area (Å²) in [6.07, 6.45) is 3.90. The van der Waals surface area contributed by atoms with Crippen LogP contribution in [0.2, 0.25) is 5.02 Å². The zero-order valence-corrected chi connectivity index (χ0v) is 26.1. The van der Waals surface area contributed by atoms with E-state index in [0.717, 1.165) is 30.9 Å². The number of hydrogen-bond acceptors (Lipinski definition) is 8. The Morgan fingerprint density at radius 3 is 2.61 bits per heavy atom. The second-order valence-electron chi connectivity index (χ2n) is 12.3. The molecular formula is C32H30ClFN6O5S. The van der Waals surface area contributed by atoms with Gasteiger partial charge in [0, 0.05) is 41.7 Å². The molecule has 1 amide bonds. The second-order valence-corrected chi connectivity index (χ2v) is 14.3. The van der Waals surface area contributed by atoms with Gasteiger partial charge in [0.1, 0.15) is 33.6 Å². The lowest BCUT2D eigenvalue weighted by molar-refractivity contribution is -0.0398. The first-order chi connectivity index (χ1) is 22.1. The van der Waals surface area contributed by atoms with Gasteiger partial charge in [0.25, 0.3) is 5.91 Å². The van der Waals surface area contributed by atoms with Crippen LogP contribution in [0.4, 0.5) is 10.1 Å². The molecule has 3 aliphatic rings. The molecule has 2 saturated carbocycles. The lowest BCUT2D eigenvalue weighted by Crippen LogP contribution is -2.49. The van der Waals surface area contributed by atoms with Crippen molar-refractivity contribution in [2.24, 2.45) is 11.8 Å². The molecule has 2 unspecified atom stereocenters. The van der Waals surface area contributed by atoms with Gasteiger partial charge in [-0.05, 0) is 62.8 Å². The number of carbonyl (C=O) groups excluding carboxylic acids is 1. The Morgan fingerprint density at radius 2 is 1.89 bits per heavy atom. The third kappa shape index (κ3) is 5.39. The van der Waals surface area contributed by atoms with Gasteiger partial charge in [-0.2, -0.15) is 9.65 Å². The Kier molecular flexibility index (Phi) is 7.71. The topological polar surface area (TPSA) is 163 Å². The van der Waals surface area contributed by atoms with Crippen LogP contribution in [0.25, 0.3) is 11.3 Å². The predicted molar refractivity (Wildman–Crippen MR) is 165 cm³/mol. The molecule has 2 aliphatic carbocycles. The Hall–Kier alpha value is -4.09. The number of aromatic nitrogens is 3. The molecule has 0 radical (unpaired) electrons. The average molecular weight is 665 g/mol. The van der Waals surface area contributed by atoms with E-state index in [1.807, 2.05) is 30.3 Å². The lowest BCUT2D eigenvalue weighted by atomic mass is 9.73. The van der Waals surface area contributed by atoms with E-state index < -0.39 is 33.5 Å². The average Bonchev–Trinajstić information content (AvgIpc) is 3.70. The Bertz CT molecular complexity index is 1980. The molecular weight excluding hydrogens is 635 g/mol. The third-order valence-electron chi connectivity index (χ3n) is 9.42. The van der Waals surface area contributed by atoms with Crippen LogP contribution in [0.3, 0.4) is 0 Å². The molecule has 238 valence electrons. The molecule has 2 atom stereocenters. The second kappa shape index (κ2) is 11.6. The molecule has 46 heavy (non-hydrogen) atoms. The normalized spacial score (nSPS) is 23.9. The van der Waals surface area contributed by atoms with Gasteiger partial charge in [-0.15, -0.1) is 0 Å². The number of aliphatic hydroxyl groups is 1. The minimum absolute atomic E-state index is 0.00622. The number of halogens is 2. The first-order valence-electron chi connectivity index (χ1n) is 15.1. The van der Waals surface area contributed by atoms with E-state index in [9.17, 15) is 22.7 Å². The highest BCUT2D eigenvalue weighted by Gasteiger charge is 2.52. The number of pyridine rings is 1. The summed E-state index contributed by atoms with van der Waals surface area (Å²) in [7, 11) is -4.21. The molecule has 3 N–H and O–H groups in total. The van der Waals surface area contributed by atoms with E-state index in [1.54, 1.807) is 16.7 Å². The number of fused-ring (bicyclic) bond motifs is 3. The van der Waals surface area contributed by atoms with Crippen LogP contribution in [-0.4, -0.2) is 40.2 Å². The third-order valence-corrected chi connectivity index (χ3v) is 11.5. The van der Waals surface area contributed by atoms with Crippen LogP contribution in [0, 0.1) is 29.1 Å². The zero-order valence-electron chi connectivity index (χ0n) is 24.5. The minimum Gasteiger partial charge on any atom is -0.383 e. The van der Waals surface area contributed by atoms with Crippen molar-refractivity contribution in [3.63, 3.8) is 0 Å². The number of sulfonamides is 1. The number of amides is 1. The smallest absolute Gasteiger partial charge is 0.273 e. The van der Waals surface area contributed by atoms with Gasteiger partial charge in [-0.1, -0.05) is 47.1 Å². The summed E-state index contributed by atoms with van der Waals surface area (Å²) in [5, 5.41) is 27.4. The largest absolute Gasteiger partial charge is 0.383 e. The van der Waals surface area contributed by atoms with E-state index in [2.05, 4.69) is 20.2 Å². The van der Waals surface area contributed by atoms with Gasteiger partial charge in [0.2, 0.25) is 16.0 Å². The molecule has 1 aliphatic heterocycles. The van der Waals surface area contributed by atoms with E-state index in [0.29, 0.717) is 49.4 Å². The molecule has 4 heterocycles. The molecule has 1 aromatic carbocycles. The van der Waals surface area contributed by atoms with Gasteiger partial charge in [0.05, 0.1) is 5.02 Å². The number of carbonyl (C=O) groups is 1. The number of benzene rings is 1. The molecule has 3 aromatic heterocycles. The van der Waals surface area contributed by atoms with Crippen LogP contribution < -0.4 is 10.0 Å². The Morgan fingerprint density at radius 1 is 1.15 bits per heavy atom. The molecule has 0 spiro atoms. The highest BCUT2D eigenvalue weighted by Crippen LogP contribution is 2.51. The first kappa shape index (κ1) is 30.6. The number of rotatable bonds is 7. The van der Waals surface area contributed by atoms with Crippen molar-refractivity contribution in [2.75, 3.05) is 5.32 Å². The fourth-order valence-corrected chi connectivity index (χ4v) is 9.75. The van der Waals surface area contributed by atoms with Crippen LogP contribution in [0.15, 0.2) is 57.9 Å². The van der Waals surface area contributed by atoms with Gasteiger partial charge in [0.15, 0.2) is 5.76 Å². The van der Waals surface area contributed by atoms with Crippen molar-refractivity contribution in [3.8, 4) is 17.4 Å².